The van der Waals surface area contributed by atoms with Gasteiger partial charge in [0.05, 0.1) is 0 Å². The summed E-state index contributed by atoms with van der Waals surface area (Å²) in [7, 11) is 0. The van der Waals surface area contributed by atoms with Crippen LogP contribution in [0.5, 0.6) is 5.75 Å². The van der Waals surface area contributed by atoms with E-state index in [0.29, 0.717) is 6.61 Å². The third-order valence-electron chi connectivity index (χ3n) is 3.87. The highest BCUT2D eigenvalue weighted by molar-refractivity contribution is 8.00. The Morgan fingerprint density at radius 3 is 2.50 bits per heavy atom. The molecule has 0 bridgehead atoms. The number of rotatable bonds is 6. The molecule has 1 N–H and O–H groups in total. The van der Waals surface area contributed by atoms with Gasteiger partial charge >= 0.3 is 5.97 Å². The molecule has 0 aliphatic heterocycles. The van der Waals surface area contributed by atoms with E-state index >= 15 is 0 Å². The molecule has 26 heavy (non-hydrogen) atoms. The minimum atomic E-state index is -0.858. The number of hydrogen-bond donors (Lipinski definition) is 1. The van der Waals surface area contributed by atoms with Crippen LogP contribution in [-0.4, -0.2) is 17.7 Å². The van der Waals surface area contributed by atoms with Crippen molar-refractivity contribution in [2.75, 3.05) is 6.61 Å². The second-order valence-corrected chi connectivity index (χ2v) is 6.81. The second kappa shape index (κ2) is 8.46. The molecule has 4 heteroatoms. The number of carboxylic acid groups (broad SMARTS) is 1. The van der Waals surface area contributed by atoms with Crippen LogP contribution in [0.15, 0.2) is 71.6 Å². The smallest absolute Gasteiger partial charge is 0.321 e. The molecule has 130 valence electrons. The van der Waals surface area contributed by atoms with E-state index in [1.807, 2.05) is 66.7 Å². The summed E-state index contributed by atoms with van der Waals surface area (Å²) in [6, 6.07) is 21.1. The van der Waals surface area contributed by atoms with E-state index in [-0.39, 0.29) is 0 Å². The number of thioether (sulfide) groups is 1. The summed E-state index contributed by atoms with van der Waals surface area (Å²) in [5, 5.41) is 11.2. The van der Waals surface area contributed by atoms with Crippen LogP contribution in [0.3, 0.4) is 0 Å². The predicted octanol–water partition coefficient (Wildman–Crippen LogP) is 5.16. The molecule has 3 rings (SSSR count). The maximum atomic E-state index is 11.8. The first-order valence-electron chi connectivity index (χ1n) is 8.18. The number of hydrogen-bond acceptors (Lipinski definition) is 3. The van der Waals surface area contributed by atoms with E-state index in [1.165, 1.54) is 11.8 Å². The highest BCUT2D eigenvalue weighted by Crippen LogP contribution is 2.37. The molecule has 0 aliphatic carbocycles. The summed E-state index contributed by atoms with van der Waals surface area (Å²) < 4.78 is 5.49. The van der Waals surface area contributed by atoms with Crippen molar-refractivity contribution in [3.05, 3.63) is 72.3 Å². The molecule has 3 aromatic rings. The van der Waals surface area contributed by atoms with Gasteiger partial charge in [0.2, 0.25) is 0 Å². The summed E-state index contributed by atoms with van der Waals surface area (Å²) in [5.74, 6) is 5.47. The SMILES string of the molecule is CC#CCOc1ccc(SC(C(=O)O)c2ccc3ccccc3c2)cc1. The van der Waals surface area contributed by atoms with Crippen LogP contribution >= 0.6 is 11.8 Å². The fourth-order valence-electron chi connectivity index (χ4n) is 2.57. The quantitative estimate of drug-likeness (QED) is 0.486. The van der Waals surface area contributed by atoms with Gasteiger partial charge in [-0.05, 0) is 53.6 Å². The summed E-state index contributed by atoms with van der Waals surface area (Å²) in [6.45, 7) is 2.11. The van der Waals surface area contributed by atoms with E-state index in [0.717, 1.165) is 27.0 Å². The molecule has 0 heterocycles. The van der Waals surface area contributed by atoms with Crippen molar-refractivity contribution >= 4 is 28.5 Å². The summed E-state index contributed by atoms with van der Waals surface area (Å²) >= 11 is 1.31. The van der Waals surface area contributed by atoms with Crippen molar-refractivity contribution < 1.29 is 14.6 Å². The second-order valence-electron chi connectivity index (χ2n) is 5.63. The molecular weight excluding hydrogens is 344 g/mol. The lowest BCUT2D eigenvalue weighted by Gasteiger charge is -2.14. The third-order valence-corrected chi connectivity index (χ3v) is 5.12. The molecule has 0 aromatic heterocycles. The number of aliphatic carboxylic acids is 1. The van der Waals surface area contributed by atoms with Crippen LogP contribution in [0.4, 0.5) is 0 Å². The summed E-state index contributed by atoms with van der Waals surface area (Å²) in [5.41, 5.74) is 0.778. The van der Waals surface area contributed by atoms with Crippen LogP contribution in [0.25, 0.3) is 10.8 Å². The van der Waals surface area contributed by atoms with Crippen molar-refractivity contribution in [2.24, 2.45) is 0 Å². The number of benzene rings is 3. The van der Waals surface area contributed by atoms with Gasteiger partial charge in [0, 0.05) is 4.90 Å². The largest absolute Gasteiger partial charge is 0.481 e. The van der Waals surface area contributed by atoms with Gasteiger partial charge in [-0.3, -0.25) is 4.79 Å². The van der Waals surface area contributed by atoms with Crippen LogP contribution in [0, 0.1) is 11.8 Å². The zero-order chi connectivity index (χ0) is 18.4. The molecule has 0 saturated carbocycles. The fourth-order valence-corrected chi connectivity index (χ4v) is 3.52. The van der Waals surface area contributed by atoms with Gasteiger partial charge in [-0.2, -0.15) is 0 Å². The van der Waals surface area contributed by atoms with E-state index in [4.69, 9.17) is 4.74 Å². The van der Waals surface area contributed by atoms with Gasteiger partial charge in [-0.15, -0.1) is 17.7 Å². The number of carbonyl (C=O) groups is 1. The normalized spacial score (nSPS) is 11.4. The zero-order valence-corrected chi connectivity index (χ0v) is 15.1. The lowest BCUT2D eigenvalue weighted by Crippen LogP contribution is -2.07. The third kappa shape index (κ3) is 4.38. The molecule has 0 amide bonds. The standard InChI is InChI=1S/C22H18O3S/c1-2-3-14-25-19-10-12-20(13-11-19)26-21(22(23)24)18-9-8-16-6-4-5-7-17(16)15-18/h4-13,15,21H,14H2,1H3,(H,23,24). The maximum Gasteiger partial charge on any atom is 0.321 e. The van der Waals surface area contributed by atoms with Crippen molar-refractivity contribution in [3.8, 4) is 17.6 Å². The average molecular weight is 362 g/mol. The number of ether oxygens (including phenoxy) is 1. The van der Waals surface area contributed by atoms with Crippen molar-refractivity contribution in [3.63, 3.8) is 0 Å². The fraction of sp³-hybridized carbons (Fsp3) is 0.136. The Morgan fingerprint density at radius 2 is 1.81 bits per heavy atom. The Bertz CT molecular complexity index is 968. The minimum absolute atomic E-state index is 0.345. The monoisotopic (exact) mass is 362 g/mol. The number of fused-ring (bicyclic) bond motifs is 1. The molecule has 0 aliphatic rings. The van der Waals surface area contributed by atoms with Gasteiger partial charge in [0.25, 0.3) is 0 Å². The van der Waals surface area contributed by atoms with E-state index in [1.54, 1.807) is 6.92 Å². The molecule has 3 aromatic carbocycles. The highest BCUT2D eigenvalue weighted by atomic mass is 32.2. The van der Waals surface area contributed by atoms with Gasteiger partial charge in [0.15, 0.2) is 0 Å². The first kappa shape index (κ1) is 17.9. The van der Waals surface area contributed by atoms with Gasteiger partial charge < -0.3 is 9.84 Å². The van der Waals surface area contributed by atoms with Crippen LogP contribution in [0.2, 0.25) is 0 Å². The Hall–Kier alpha value is -2.90. The molecule has 0 saturated heterocycles. The van der Waals surface area contributed by atoms with Crippen LogP contribution < -0.4 is 4.74 Å². The first-order chi connectivity index (χ1) is 12.7. The van der Waals surface area contributed by atoms with Crippen LogP contribution in [-0.2, 0) is 4.79 Å². The van der Waals surface area contributed by atoms with Gasteiger partial charge in [-0.1, -0.05) is 42.3 Å². The van der Waals surface area contributed by atoms with E-state index in [9.17, 15) is 9.90 Å². The Morgan fingerprint density at radius 1 is 1.08 bits per heavy atom. The topological polar surface area (TPSA) is 46.5 Å². The maximum absolute atomic E-state index is 11.8. The van der Waals surface area contributed by atoms with Crippen molar-refractivity contribution in [2.45, 2.75) is 17.1 Å². The molecule has 0 radical (unpaired) electrons. The Labute approximate surface area is 157 Å². The summed E-state index contributed by atoms with van der Waals surface area (Å²) in [6.07, 6.45) is 0. The van der Waals surface area contributed by atoms with Crippen molar-refractivity contribution in [1.82, 2.24) is 0 Å². The minimum Gasteiger partial charge on any atom is -0.481 e. The average Bonchev–Trinajstić information content (AvgIpc) is 2.67. The molecular formula is C22H18O3S. The van der Waals surface area contributed by atoms with Crippen LogP contribution in [0.1, 0.15) is 17.7 Å². The van der Waals surface area contributed by atoms with Crippen molar-refractivity contribution in [1.29, 1.82) is 0 Å². The molecule has 1 unspecified atom stereocenters. The van der Waals surface area contributed by atoms with E-state index in [2.05, 4.69) is 11.8 Å². The van der Waals surface area contributed by atoms with Gasteiger partial charge in [-0.25, -0.2) is 0 Å². The predicted molar refractivity (Wildman–Crippen MR) is 106 cm³/mol. The van der Waals surface area contributed by atoms with Gasteiger partial charge in [0.1, 0.15) is 17.6 Å². The molecule has 1 atom stereocenters. The first-order valence-corrected chi connectivity index (χ1v) is 9.06. The number of carboxylic acids is 1. The highest BCUT2D eigenvalue weighted by Gasteiger charge is 2.21. The van der Waals surface area contributed by atoms with E-state index < -0.39 is 11.2 Å². The lowest BCUT2D eigenvalue weighted by atomic mass is 10.1. The Kier molecular flexibility index (Phi) is 5.83. The lowest BCUT2D eigenvalue weighted by molar-refractivity contribution is -0.136. The molecule has 0 spiro atoms. The zero-order valence-electron chi connectivity index (χ0n) is 14.3. The molecule has 0 fully saturated rings. The summed E-state index contributed by atoms with van der Waals surface area (Å²) in [4.78, 5) is 12.7. The molecule has 3 nitrogen and oxygen atoms in total. The Balaban J connectivity index is 1.79.